The van der Waals surface area contributed by atoms with Crippen molar-refractivity contribution >= 4 is 29.1 Å². The molecule has 1 N–H and O–H groups in total. The highest BCUT2D eigenvalue weighted by Crippen LogP contribution is 2.25. The average molecular weight is 258 g/mol. The van der Waals surface area contributed by atoms with Crippen molar-refractivity contribution in [3.8, 4) is 0 Å². The van der Waals surface area contributed by atoms with E-state index in [0.29, 0.717) is 22.2 Å². The van der Waals surface area contributed by atoms with E-state index in [0.717, 1.165) is 6.42 Å². The standard InChI is InChI=1S/C12H13Cl2NO/c1-2-3-4-8-15-12(16)9-6-5-7-10(13)11(9)14/h2-3,5-7H,4,8H2,1H3,(H,15,16)/b3-2-. The Balaban J connectivity index is 2.63. The third-order valence-corrected chi connectivity index (χ3v) is 2.85. The maximum absolute atomic E-state index is 11.7. The quantitative estimate of drug-likeness (QED) is 0.647. The van der Waals surface area contributed by atoms with Gasteiger partial charge >= 0.3 is 0 Å². The Labute approximate surface area is 105 Å². The van der Waals surface area contributed by atoms with E-state index < -0.39 is 0 Å². The number of benzene rings is 1. The van der Waals surface area contributed by atoms with Crippen LogP contribution in [0.3, 0.4) is 0 Å². The number of amides is 1. The smallest absolute Gasteiger partial charge is 0.252 e. The third-order valence-electron chi connectivity index (χ3n) is 2.03. The lowest BCUT2D eigenvalue weighted by Crippen LogP contribution is -2.24. The minimum absolute atomic E-state index is 0.197. The topological polar surface area (TPSA) is 29.1 Å². The molecule has 0 bridgehead atoms. The number of rotatable bonds is 4. The van der Waals surface area contributed by atoms with Gasteiger partial charge in [0.15, 0.2) is 0 Å². The molecule has 0 radical (unpaired) electrons. The summed E-state index contributed by atoms with van der Waals surface area (Å²) in [6.07, 6.45) is 4.73. The molecule has 0 aliphatic carbocycles. The van der Waals surface area contributed by atoms with Crippen LogP contribution in [0.4, 0.5) is 0 Å². The van der Waals surface area contributed by atoms with Crippen molar-refractivity contribution in [2.75, 3.05) is 6.54 Å². The maximum Gasteiger partial charge on any atom is 0.252 e. The number of hydrogen-bond donors (Lipinski definition) is 1. The first-order valence-electron chi connectivity index (χ1n) is 5.00. The van der Waals surface area contributed by atoms with Crippen LogP contribution in [0.2, 0.25) is 10.0 Å². The molecule has 0 saturated heterocycles. The van der Waals surface area contributed by atoms with Crippen molar-refractivity contribution in [2.24, 2.45) is 0 Å². The number of carbonyl (C=O) groups is 1. The summed E-state index contributed by atoms with van der Waals surface area (Å²) in [4.78, 5) is 11.7. The first-order valence-corrected chi connectivity index (χ1v) is 5.75. The number of halogens is 2. The van der Waals surface area contributed by atoms with Crippen molar-refractivity contribution in [3.05, 3.63) is 46.0 Å². The highest BCUT2D eigenvalue weighted by atomic mass is 35.5. The van der Waals surface area contributed by atoms with Gasteiger partial charge in [0.1, 0.15) is 0 Å². The van der Waals surface area contributed by atoms with Crippen molar-refractivity contribution in [1.82, 2.24) is 5.32 Å². The molecule has 0 saturated carbocycles. The van der Waals surface area contributed by atoms with E-state index in [4.69, 9.17) is 23.2 Å². The molecule has 1 rings (SSSR count). The zero-order valence-corrected chi connectivity index (χ0v) is 10.5. The van der Waals surface area contributed by atoms with Gasteiger partial charge in [0.05, 0.1) is 15.6 Å². The van der Waals surface area contributed by atoms with Gasteiger partial charge in [-0.25, -0.2) is 0 Å². The number of hydrogen-bond acceptors (Lipinski definition) is 1. The average Bonchev–Trinajstić information content (AvgIpc) is 2.28. The Bertz CT molecular complexity index is 402. The van der Waals surface area contributed by atoms with Crippen molar-refractivity contribution < 1.29 is 4.79 Å². The highest BCUT2D eigenvalue weighted by molar-refractivity contribution is 6.43. The molecule has 1 aromatic rings. The molecule has 0 unspecified atom stereocenters. The lowest BCUT2D eigenvalue weighted by molar-refractivity contribution is 0.0954. The monoisotopic (exact) mass is 257 g/mol. The van der Waals surface area contributed by atoms with Gasteiger partial charge < -0.3 is 5.32 Å². The molecule has 1 aromatic carbocycles. The van der Waals surface area contributed by atoms with Gasteiger partial charge in [-0.05, 0) is 25.5 Å². The molecule has 4 heteroatoms. The summed E-state index contributed by atoms with van der Waals surface area (Å²) in [7, 11) is 0. The van der Waals surface area contributed by atoms with E-state index in [1.807, 2.05) is 19.1 Å². The molecule has 0 aliphatic rings. The van der Waals surface area contributed by atoms with Crippen LogP contribution >= 0.6 is 23.2 Å². The van der Waals surface area contributed by atoms with E-state index in [2.05, 4.69) is 5.32 Å². The molecule has 0 spiro atoms. The van der Waals surface area contributed by atoms with Crippen LogP contribution in [-0.4, -0.2) is 12.5 Å². The van der Waals surface area contributed by atoms with Crippen LogP contribution in [0.15, 0.2) is 30.4 Å². The molecule has 16 heavy (non-hydrogen) atoms. The van der Waals surface area contributed by atoms with Crippen LogP contribution in [-0.2, 0) is 0 Å². The predicted octanol–water partition coefficient (Wildman–Crippen LogP) is 3.69. The molecule has 86 valence electrons. The summed E-state index contributed by atoms with van der Waals surface area (Å²) in [6, 6.07) is 5.01. The number of carbonyl (C=O) groups excluding carboxylic acids is 1. The van der Waals surface area contributed by atoms with Gasteiger partial charge in [-0.1, -0.05) is 41.4 Å². The van der Waals surface area contributed by atoms with Crippen LogP contribution in [0, 0.1) is 0 Å². The summed E-state index contributed by atoms with van der Waals surface area (Å²) in [5, 5.41) is 3.46. The van der Waals surface area contributed by atoms with E-state index >= 15 is 0 Å². The van der Waals surface area contributed by atoms with Crippen LogP contribution in [0.25, 0.3) is 0 Å². The highest BCUT2D eigenvalue weighted by Gasteiger charge is 2.11. The number of allylic oxidation sites excluding steroid dienone is 1. The molecule has 1 amide bonds. The van der Waals surface area contributed by atoms with Crippen molar-refractivity contribution in [3.63, 3.8) is 0 Å². The largest absolute Gasteiger partial charge is 0.352 e. The van der Waals surface area contributed by atoms with Crippen molar-refractivity contribution in [2.45, 2.75) is 13.3 Å². The third kappa shape index (κ3) is 3.54. The van der Waals surface area contributed by atoms with Gasteiger partial charge in [-0.2, -0.15) is 0 Å². The van der Waals surface area contributed by atoms with E-state index in [-0.39, 0.29) is 5.91 Å². The molecule has 0 atom stereocenters. The molecule has 0 heterocycles. The fourth-order valence-corrected chi connectivity index (χ4v) is 1.60. The Morgan fingerprint density at radius 3 is 2.88 bits per heavy atom. The first-order chi connectivity index (χ1) is 7.66. The first kappa shape index (κ1) is 13.1. The molecule has 2 nitrogen and oxygen atoms in total. The van der Waals surface area contributed by atoms with Gasteiger partial charge in [0.2, 0.25) is 0 Å². The maximum atomic E-state index is 11.7. The Hall–Kier alpha value is -0.990. The van der Waals surface area contributed by atoms with E-state index in [1.165, 1.54) is 0 Å². The zero-order valence-electron chi connectivity index (χ0n) is 8.97. The molecule has 0 aromatic heterocycles. The summed E-state index contributed by atoms with van der Waals surface area (Å²) in [5.41, 5.74) is 0.412. The van der Waals surface area contributed by atoms with Gasteiger partial charge in [-0.15, -0.1) is 0 Å². The molecule has 0 aliphatic heterocycles. The van der Waals surface area contributed by atoms with Crippen molar-refractivity contribution in [1.29, 1.82) is 0 Å². The van der Waals surface area contributed by atoms with E-state index in [9.17, 15) is 4.79 Å². The summed E-state index contributed by atoms with van der Waals surface area (Å²) < 4.78 is 0. The summed E-state index contributed by atoms with van der Waals surface area (Å²) in [5.74, 6) is -0.197. The normalized spacial score (nSPS) is 10.7. The van der Waals surface area contributed by atoms with Crippen LogP contribution < -0.4 is 5.32 Å². The van der Waals surface area contributed by atoms with Gasteiger partial charge in [0, 0.05) is 6.54 Å². The number of nitrogens with one attached hydrogen (secondary N) is 1. The van der Waals surface area contributed by atoms with Crippen LogP contribution in [0.1, 0.15) is 23.7 Å². The Morgan fingerprint density at radius 1 is 1.44 bits per heavy atom. The van der Waals surface area contributed by atoms with Crippen LogP contribution in [0.5, 0.6) is 0 Å². The fourth-order valence-electron chi connectivity index (χ4n) is 1.21. The summed E-state index contributed by atoms with van der Waals surface area (Å²) >= 11 is 11.7. The Morgan fingerprint density at radius 2 is 2.19 bits per heavy atom. The second kappa shape index (κ2) is 6.56. The fraction of sp³-hybridized carbons (Fsp3) is 0.250. The molecule has 0 fully saturated rings. The molecular formula is C12H13Cl2NO. The molecular weight excluding hydrogens is 245 g/mol. The van der Waals surface area contributed by atoms with Gasteiger partial charge in [-0.3, -0.25) is 4.79 Å². The minimum Gasteiger partial charge on any atom is -0.352 e. The second-order valence-electron chi connectivity index (χ2n) is 3.21. The van der Waals surface area contributed by atoms with E-state index in [1.54, 1.807) is 18.2 Å². The predicted molar refractivity (Wildman–Crippen MR) is 68.2 cm³/mol. The second-order valence-corrected chi connectivity index (χ2v) is 4.00. The minimum atomic E-state index is -0.197. The lowest BCUT2D eigenvalue weighted by Gasteiger charge is -2.06. The zero-order chi connectivity index (χ0) is 12.0. The van der Waals surface area contributed by atoms with Gasteiger partial charge in [0.25, 0.3) is 5.91 Å². The summed E-state index contributed by atoms with van der Waals surface area (Å²) in [6.45, 7) is 2.53. The lowest BCUT2D eigenvalue weighted by atomic mass is 10.2. The Kier molecular flexibility index (Phi) is 5.36. The SMILES string of the molecule is C/C=C\CCNC(=O)c1cccc(Cl)c1Cl.